The first-order chi connectivity index (χ1) is 8.81. The predicted molar refractivity (Wildman–Crippen MR) is 86.8 cm³/mol. The fourth-order valence-corrected chi connectivity index (χ4v) is 3.84. The Kier molecular flexibility index (Phi) is 5.96. The SMILES string of the molecule is CCNC(CC1CCCCC1)c1ccccc1I. The van der Waals surface area contributed by atoms with Crippen LogP contribution in [0, 0.1) is 9.49 Å². The minimum atomic E-state index is 0.547. The molecule has 1 atom stereocenters. The van der Waals surface area contributed by atoms with Crippen molar-refractivity contribution in [3.8, 4) is 0 Å². The van der Waals surface area contributed by atoms with Gasteiger partial charge in [0.25, 0.3) is 0 Å². The summed E-state index contributed by atoms with van der Waals surface area (Å²) in [6.07, 6.45) is 8.51. The molecule has 0 aromatic heterocycles. The van der Waals surface area contributed by atoms with Crippen molar-refractivity contribution in [2.75, 3.05) is 6.54 Å². The Morgan fingerprint density at radius 1 is 1.22 bits per heavy atom. The molecule has 18 heavy (non-hydrogen) atoms. The van der Waals surface area contributed by atoms with Crippen molar-refractivity contribution in [2.24, 2.45) is 5.92 Å². The van der Waals surface area contributed by atoms with Gasteiger partial charge in [0.2, 0.25) is 0 Å². The van der Waals surface area contributed by atoms with Crippen molar-refractivity contribution in [1.29, 1.82) is 0 Å². The highest BCUT2D eigenvalue weighted by atomic mass is 127. The molecule has 1 aliphatic rings. The van der Waals surface area contributed by atoms with Gasteiger partial charge in [0, 0.05) is 9.61 Å². The van der Waals surface area contributed by atoms with Gasteiger partial charge in [-0.1, -0.05) is 57.2 Å². The van der Waals surface area contributed by atoms with Crippen LogP contribution in [0.4, 0.5) is 0 Å². The van der Waals surface area contributed by atoms with Gasteiger partial charge >= 0.3 is 0 Å². The van der Waals surface area contributed by atoms with Crippen molar-refractivity contribution in [3.63, 3.8) is 0 Å². The summed E-state index contributed by atoms with van der Waals surface area (Å²) in [6.45, 7) is 3.27. The summed E-state index contributed by atoms with van der Waals surface area (Å²) in [4.78, 5) is 0. The van der Waals surface area contributed by atoms with Crippen molar-refractivity contribution in [2.45, 2.75) is 51.5 Å². The second-order valence-corrected chi connectivity index (χ2v) is 6.53. The topological polar surface area (TPSA) is 12.0 Å². The summed E-state index contributed by atoms with van der Waals surface area (Å²) in [5, 5.41) is 3.68. The molecule has 1 saturated carbocycles. The maximum absolute atomic E-state index is 3.68. The van der Waals surface area contributed by atoms with Gasteiger partial charge in [-0.05, 0) is 53.1 Å². The molecule has 1 fully saturated rings. The third-order valence-electron chi connectivity index (χ3n) is 4.02. The first kappa shape index (κ1) is 14.3. The van der Waals surface area contributed by atoms with Gasteiger partial charge in [0.15, 0.2) is 0 Å². The van der Waals surface area contributed by atoms with Crippen LogP contribution in [0.15, 0.2) is 24.3 Å². The molecule has 0 bridgehead atoms. The Bertz CT molecular complexity index is 358. The van der Waals surface area contributed by atoms with E-state index in [2.05, 4.69) is 59.1 Å². The smallest absolute Gasteiger partial charge is 0.0333 e. The average molecular weight is 357 g/mol. The first-order valence-corrected chi connectivity index (χ1v) is 8.37. The quantitative estimate of drug-likeness (QED) is 0.738. The van der Waals surface area contributed by atoms with E-state index in [0.717, 1.165) is 12.5 Å². The Balaban J connectivity index is 2.05. The second kappa shape index (κ2) is 7.49. The van der Waals surface area contributed by atoms with Gasteiger partial charge in [-0.25, -0.2) is 0 Å². The summed E-state index contributed by atoms with van der Waals surface area (Å²) >= 11 is 2.47. The monoisotopic (exact) mass is 357 g/mol. The van der Waals surface area contributed by atoms with Crippen LogP contribution in [-0.2, 0) is 0 Å². The van der Waals surface area contributed by atoms with Gasteiger partial charge in [0.1, 0.15) is 0 Å². The normalized spacial score (nSPS) is 18.8. The van der Waals surface area contributed by atoms with E-state index in [-0.39, 0.29) is 0 Å². The molecule has 1 unspecified atom stereocenters. The van der Waals surface area contributed by atoms with E-state index in [4.69, 9.17) is 0 Å². The molecule has 0 spiro atoms. The van der Waals surface area contributed by atoms with Crippen LogP contribution in [0.3, 0.4) is 0 Å². The molecule has 1 N–H and O–H groups in total. The van der Waals surface area contributed by atoms with Crippen LogP contribution in [0.25, 0.3) is 0 Å². The summed E-state index contributed by atoms with van der Waals surface area (Å²) in [5.41, 5.74) is 1.49. The molecule has 2 rings (SSSR count). The lowest BCUT2D eigenvalue weighted by Gasteiger charge is -2.28. The number of hydrogen-bond acceptors (Lipinski definition) is 1. The molecule has 2 heteroatoms. The highest BCUT2D eigenvalue weighted by molar-refractivity contribution is 14.1. The number of rotatable bonds is 5. The van der Waals surface area contributed by atoms with Crippen LogP contribution in [0.5, 0.6) is 0 Å². The van der Waals surface area contributed by atoms with E-state index < -0.39 is 0 Å². The molecule has 0 radical (unpaired) electrons. The van der Waals surface area contributed by atoms with Crippen LogP contribution in [-0.4, -0.2) is 6.54 Å². The Labute approximate surface area is 125 Å². The Morgan fingerprint density at radius 2 is 1.94 bits per heavy atom. The molecule has 1 nitrogen and oxygen atoms in total. The van der Waals surface area contributed by atoms with Gasteiger partial charge in [-0.2, -0.15) is 0 Å². The lowest BCUT2D eigenvalue weighted by Crippen LogP contribution is -2.25. The molecule has 0 amide bonds. The van der Waals surface area contributed by atoms with Gasteiger partial charge < -0.3 is 5.32 Å². The number of nitrogens with one attached hydrogen (secondary N) is 1. The summed E-state index contributed by atoms with van der Waals surface area (Å²) in [5.74, 6) is 0.929. The highest BCUT2D eigenvalue weighted by Crippen LogP contribution is 2.33. The largest absolute Gasteiger partial charge is 0.310 e. The number of halogens is 1. The second-order valence-electron chi connectivity index (χ2n) is 5.37. The molecule has 1 aromatic carbocycles. The maximum atomic E-state index is 3.68. The Morgan fingerprint density at radius 3 is 2.61 bits per heavy atom. The first-order valence-electron chi connectivity index (χ1n) is 7.29. The molecule has 100 valence electrons. The van der Waals surface area contributed by atoms with Crippen molar-refractivity contribution >= 4 is 22.6 Å². The minimum Gasteiger partial charge on any atom is -0.310 e. The third kappa shape index (κ3) is 3.95. The van der Waals surface area contributed by atoms with Crippen molar-refractivity contribution < 1.29 is 0 Å². The molecular formula is C16H24IN. The minimum absolute atomic E-state index is 0.547. The lowest BCUT2D eigenvalue weighted by molar-refractivity contribution is 0.301. The Hall–Kier alpha value is -0.0900. The van der Waals surface area contributed by atoms with Crippen LogP contribution in [0.1, 0.15) is 57.1 Å². The number of hydrogen-bond donors (Lipinski definition) is 1. The van der Waals surface area contributed by atoms with E-state index >= 15 is 0 Å². The molecule has 0 aliphatic heterocycles. The van der Waals surface area contributed by atoms with Crippen LogP contribution in [0.2, 0.25) is 0 Å². The van der Waals surface area contributed by atoms with Gasteiger partial charge in [0.05, 0.1) is 0 Å². The van der Waals surface area contributed by atoms with Crippen molar-refractivity contribution in [3.05, 3.63) is 33.4 Å². The number of benzene rings is 1. The average Bonchev–Trinajstić information content (AvgIpc) is 2.40. The fourth-order valence-electron chi connectivity index (χ4n) is 3.08. The van der Waals surface area contributed by atoms with Crippen LogP contribution >= 0.6 is 22.6 Å². The summed E-state index contributed by atoms with van der Waals surface area (Å²) in [7, 11) is 0. The summed E-state index contributed by atoms with van der Waals surface area (Å²) < 4.78 is 1.40. The van der Waals surface area contributed by atoms with Gasteiger partial charge in [-0.3, -0.25) is 0 Å². The predicted octanol–water partition coefficient (Wildman–Crippen LogP) is 4.91. The molecule has 1 aliphatic carbocycles. The van der Waals surface area contributed by atoms with E-state index in [9.17, 15) is 0 Å². The highest BCUT2D eigenvalue weighted by Gasteiger charge is 2.20. The molecule has 1 aromatic rings. The van der Waals surface area contributed by atoms with Crippen LogP contribution < -0.4 is 5.32 Å². The van der Waals surface area contributed by atoms with E-state index in [1.807, 2.05) is 0 Å². The summed E-state index contributed by atoms with van der Waals surface area (Å²) in [6, 6.07) is 9.36. The molecular weight excluding hydrogens is 333 g/mol. The van der Waals surface area contributed by atoms with E-state index in [0.29, 0.717) is 6.04 Å². The standard InChI is InChI=1S/C16H24IN/c1-2-18-16(12-13-8-4-3-5-9-13)14-10-6-7-11-15(14)17/h6-7,10-11,13,16,18H,2-5,8-9,12H2,1H3. The molecule has 0 heterocycles. The van der Waals surface area contributed by atoms with E-state index in [1.54, 1.807) is 0 Å². The zero-order valence-corrected chi connectivity index (χ0v) is 13.4. The zero-order valence-electron chi connectivity index (χ0n) is 11.3. The third-order valence-corrected chi connectivity index (χ3v) is 5.01. The molecule has 0 saturated heterocycles. The fraction of sp³-hybridized carbons (Fsp3) is 0.625. The van der Waals surface area contributed by atoms with Crippen molar-refractivity contribution in [1.82, 2.24) is 5.32 Å². The zero-order chi connectivity index (χ0) is 12.8. The van der Waals surface area contributed by atoms with Gasteiger partial charge in [-0.15, -0.1) is 0 Å². The van der Waals surface area contributed by atoms with E-state index in [1.165, 1.54) is 47.7 Å². The maximum Gasteiger partial charge on any atom is 0.0333 e. The lowest BCUT2D eigenvalue weighted by atomic mass is 9.83.